The van der Waals surface area contributed by atoms with Gasteiger partial charge in [0.2, 0.25) is 5.88 Å². The molecule has 0 saturated heterocycles. The molecule has 0 fully saturated rings. The quantitative estimate of drug-likeness (QED) is 0.701. The highest BCUT2D eigenvalue weighted by atomic mass is 79.9. The lowest BCUT2D eigenvalue weighted by Gasteiger charge is -2.07. The SMILES string of the molecule is Clc1cc(Cl)cc(Oc2ncc(Cl)cc2Br)c1. The van der Waals surface area contributed by atoms with Crippen molar-refractivity contribution in [2.24, 2.45) is 0 Å². The van der Waals surface area contributed by atoms with E-state index in [2.05, 4.69) is 20.9 Å². The molecule has 0 radical (unpaired) electrons. The summed E-state index contributed by atoms with van der Waals surface area (Å²) in [4.78, 5) is 4.05. The van der Waals surface area contributed by atoms with E-state index in [0.29, 0.717) is 31.2 Å². The van der Waals surface area contributed by atoms with Gasteiger partial charge in [0.25, 0.3) is 0 Å². The van der Waals surface area contributed by atoms with Crippen molar-refractivity contribution >= 4 is 50.7 Å². The van der Waals surface area contributed by atoms with Crippen molar-refractivity contribution in [3.8, 4) is 11.6 Å². The maximum atomic E-state index is 5.86. The van der Waals surface area contributed by atoms with Crippen molar-refractivity contribution < 1.29 is 4.74 Å². The molecule has 0 bridgehead atoms. The van der Waals surface area contributed by atoms with Crippen LogP contribution in [0.5, 0.6) is 11.6 Å². The monoisotopic (exact) mass is 351 g/mol. The van der Waals surface area contributed by atoms with Gasteiger partial charge in [0.1, 0.15) is 5.75 Å². The Labute approximate surface area is 122 Å². The zero-order valence-electron chi connectivity index (χ0n) is 8.25. The Morgan fingerprint density at radius 2 is 1.59 bits per heavy atom. The Balaban J connectivity index is 2.31. The van der Waals surface area contributed by atoms with Gasteiger partial charge in [-0.25, -0.2) is 4.98 Å². The molecule has 1 aromatic heterocycles. The summed E-state index contributed by atoms with van der Waals surface area (Å²) in [7, 11) is 0. The minimum Gasteiger partial charge on any atom is -0.438 e. The summed E-state index contributed by atoms with van der Waals surface area (Å²) in [6, 6.07) is 6.61. The van der Waals surface area contributed by atoms with E-state index < -0.39 is 0 Å². The number of aromatic nitrogens is 1. The highest BCUT2D eigenvalue weighted by Gasteiger charge is 2.06. The van der Waals surface area contributed by atoms with Crippen molar-refractivity contribution in [2.75, 3.05) is 0 Å². The molecular weight excluding hydrogens is 348 g/mol. The summed E-state index contributed by atoms with van der Waals surface area (Å²) >= 11 is 20.8. The van der Waals surface area contributed by atoms with Gasteiger partial charge >= 0.3 is 0 Å². The number of rotatable bonds is 2. The molecule has 0 N–H and O–H groups in total. The maximum Gasteiger partial charge on any atom is 0.233 e. The van der Waals surface area contributed by atoms with Crippen LogP contribution in [0.15, 0.2) is 34.9 Å². The van der Waals surface area contributed by atoms with E-state index in [1.165, 1.54) is 6.20 Å². The molecule has 0 spiro atoms. The van der Waals surface area contributed by atoms with Gasteiger partial charge in [-0.05, 0) is 40.2 Å². The van der Waals surface area contributed by atoms with E-state index in [1.54, 1.807) is 24.3 Å². The molecule has 6 heteroatoms. The summed E-state index contributed by atoms with van der Waals surface area (Å²) in [6.45, 7) is 0. The van der Waals surface area contributed by atoms with Gasteiger partial charge in [0, 0.05) is 16.2 Å². The second kappa shape index (κ2) is 5.44. The van der Waals surface area contributed by atoms with Crippen LogP contribution in [0.1, 0.15) is 0 Å². The number of hydrogen-bond acceptors (Lipinski definition) is 2. The summed E-state index contributed by atoms with van der Waals surface area (Å²) in [5.41, 5.74) is 0. The van der Waals surface area contributed by atoms with Gasteiger partial charge in [-0.2, -0.15) is 0 Å². The van der Waals surface area contributed by atoms with Gasteiger partial charge in [-0.15, -0.1) is 0 Å². The van der Waals surface area contributed by atoms with E-state index in [1.807, 2.05) is 0 Å². The van der Waals surface area contributed by atoms with Crippen molar-refractivity contribution in [1.29, 1.82) is 0 Å². The Hall–Kier alpha value is -0.480. The molecule has 0 aliphatic heterocycles. The van der Waals surface area contributed by atoms with Crippen LogP contribution in [-0.2, 0) is 0 Å². The number of halogens is 4. The molecule has 0 atom stereocenters. The van der Waals surface area contributed by atoms with Gasteiger partial charge in [0.05, 0.1) is 9.50 Å². The molecule has 1 heterocycles. The molecule has 0 amide bonds. The molecule has 0 aliphatic rings. The molecule has 2 rings (SSSR count). The topological polar surface area (TPSA) is 22.1 Å². The first-order valence-electron chi connectivity index (χ1n) is 4.49. The highest BCUT2D eigenvalue weighted by Crippen LogP contribution is 2.32. The van der Waals surface area contributed by atoms with Gasteiger partial charge in [-0.1, -0.05) is 34.8 Å². The molecule has 2 nitrogen and oxygen atoms in total. The second-order valence-electron chi connectivity index (χ2n) is 3.15. The predicted octanol–water partition coefficient (Wildman–Crippen LogP) is 5.60. The third-order valence-electron chi connectivity index (χ3n) is 1.82. The lowest BCUT2D eigenvalue weighted by molar-refractivity contribution is 0.460. The molecular formula is C11H5BrCl3NO. The third kappa shape index (κ3) is 3.49. The van der Waals surface area contributed by atoms with Crippen LogP contribution in [0.2, 0.25) is 15.1 Å². The van der Waals surface area contributed by atoms with E-state index in [4.69, 9.17) is 39.5 Å². The van der Waals surface area contributed by atoms with Crippen molar-refractivity contribution in [3.63, 3.8) is 0 Å². The van der Waals surface area contributed by atoms with Crippen LogP contribution >= 0.6 is 50.7 Å². The molecule has 0 unspecified atom stereocenters. The minimum absolute atomic E-state index is 0.396. The van der Waals surface area contributed by atoms with Gasteiger partial charge < -0.3 is 4.74 Å². The molecule has 17 heavy (non-hydrogen) atoms. The van der Waals surface area contributed by atoms with E-state index in [-0.39, 0.29) is 0 Å². The maximum absolute atomic E-state index is 5.86. The predicted molar refractivity (Wildman–Crippen MR) is 73.5 cm³/mol. The van der Waals surface area contributed by atoms with Gasteiger partial charge in [0.15, 0.2) is 0 Å². The molecule has 0 aliphatic carbocycles. The number of hydrogen-bond donors (Lipinski definition) is 0. The first kappa shape index (κ1) is 13.0. The van der Waals surface area contributed by atoms with Crippen molar-refractivity contribution in [2.45, 2.75) is 0 Å². The normalized spacial score (nSPS) is 10.4. The highest BCUT2D eigenvalue weighted by molar-refractivity contribution is 9.10. The fourth-order valence-corrected chi connectivity index (χ4v) is 2.40. The Kier molecular flexibility index (Phi) is 4.15. The summed E-state index contributed by atoms with van der Waals surface area (Å²) < 4.78 is 6.19. The Morgan fingerprint density at radius 3 is 2.18 bits per heavy atom. The fourth-order valence-electron chi connectivity index (χ4n) is 1.18. The lowest BCUT2D eigenvalue weighted by atomic mass is 10.3. The number of benzene rings is 1. The summed E-state index contributed by atoms with van der Waals surface area (Å²) in [5, 5.41) is 1.52. The number of pyridine rings is 1. The van der Waals surface area contributed by atoms with Crippen LogP contribution in [0.3, 0.4) is 0 Å². The smallest absolute Gasteiger partial charge is 0.233 e. The van der Waals surface area contributed by atoms with E-state index >= 15 is 0 Å². The zero-order valence-corrected chi connectivity index (χ0v) is 12.1. The van der Waals surface area contributed by atoms with E-state index in [9.17, 15) is 0 Å². The van der Waals surface area contributed by atoms with Crippen molar-refractivity contribution in [3.05, 3.63) is 50.0 Å². The Bertz CT molecular complexity index is 542. The largest absolute Gasteiger partial charge is 0.438 e. The Morgan fingerprint density at radius 1 is 0.941 bits per heavy atom. The molecule has 88 valence electrons. The molecule has 1 aromatic carbocycles. The van der Waals surface area contributed by atoms with Crippen LogP contribution in [0.25, 0.3) is 0 Å². The number of ether oxygens (including phenoxy) is 1. The third-order valence-corrected chi connectivity index (χ3v) is 3.04. The van der Waals surface area contributed by atoms with Crippen LogP contribution in [-0.4, -0.2) is 4.98 Å². The average molecular weight is 353 g/mol. The zero-order chi connectivity index (χ0) is 12.4. The second-order valence-corrected chi connectivity index (χ2v) is 5.31. The van der Waals surface area contributed by atoms with E-state index in [0.717, 1.165) is 0 Å². The first-order chi connectivity index (χ1) is 8.04. The standard InChI is InChI=1S/C11H5BrCl3NO/c12-10-4-8(15)5-16-11(10)17-9-2-6(13)1-7(14)3-9/h1-5H. The van der Waals surface area contributed by atoms with Gasteiger partial charge in [-0.3, -0.25) is 0 Å². The molecule has 0 saturated carbocycles. The fraction of sp³-hybridized carbons (Fsp3) is 0. The van der Waals surface area contributed by atoms with Crippen LogP contribution in [0.4, 0.5) is 0 Å². The van der Waals surface area contributed by atoms with Crippen LogP contribution in [0, 0.1) is 0 Å². The number of nitrogens with zero attached hydrogens (tertiary/aromatic N) is 1. The molecule has 2 aromatic rings. The summed E-state index contributed by atoms with van der Waals surface area (Å²) in [5.74, 6) is 0.908. The summed E-state index contributed by atoms with van der Waals surface area (Å²) in [6.07, 6.45) is 1.49. The lowest BCUT2D eigenvalue weighted by Crippen LogP contribution is -1.89. The van der Waals surface area contributed by atoms with Crippen LogP contribution < -0.4 is 4.74 Å². The average Bonchev–Trinajstić information content (AvgIpc) is 2.21. The minimum atomic E-state index is 0.396. The van der Waals surface area contributed by atoms with Crippen molar-refractivity contribution in [1.82, 2.24) is 4.98 Å². The first-order valence-corrected chi connectivity index (χ1v) is 6.42.